The SMILES string of the molecule is O=C(NC1CC1)[C@@H](Oc1ccc(Cl)c(Cl)c1)c1ccc(F)cc1. The van der Waals surface area contributed by atoms with Crippen LogP contribution in [-0.2, 0) is 4.79 Å². The van der Waals surface area contributed by atoms with Gasteiger partial charge >= 0.3 is 0 Å². The number of hydrogen-bond donors (Lipinski definition) is 1. The zero-order valence-corrected chi connectivity index (χ0v) is 13.6. The Morgan fingerprint density at radius 3 is 2.43 bits per heavy atom. The molecule has 0 heterocycles. The molecule has 23 heavy (non-hydrogen) atoms. The molecule has 2 aromatic carbocycles. The first-order valence-electron chi connectivity index (χ1n) is 7.20. The molecule has 1 saturated carbocycles. The fraction of sp³-hybridized carbons (Fsp3) is 0.235. The molecule has 0 radical (unpaired) electrons. The smallest absolute Gasteiger partial charge is 0.266 e. The lowest BCUT2D eigenvalue weighted by molar-refractivity contribution is -0.128. The molecule has 0 unspecified atom stereocenters. The third-order valence-corrected chi connectivity index (χ3v) is 4.22. The molecule has 0 aliphatic heterocycles. The van der Waals surface area contributed by atoms with E-state index in [1.54, 1.807) is 18.2 Å². The molecule has 6 heteroatoms. The maximum Gasteiger partial charge on any atom is 0.266 e. The quantitative estimate of drug-likeness (QED) is 0.857. The number of hydrogen-bond acceptors (Lipinski definition) is 2. The maximum absolute atomic E-state index is 13.1. The van der Waals surface area contributed by atoms with Crippen LogP contribution < -0.4 is 10.1 Å². The van der Waals surface area contributed by atoms with E-state index >= 15 is 0 Å². The summed E-state index contributed by atoms with van der Waals surface area (Å²) in [5.41, 5.74) is 0.565. The summed E-state index contributed by atoms with van der Waals surface area (Å²) >= 11 is 11.9. The topological polar surface area (TPSA) is 38.3 Å². The van der Waals surface area contributed by atoms with Gasteiger partial charge in [-0.15, -0.1) is 0 Å². The van der Waals surface area contributed by atoms with Crippen molar-refractivity contribution in [3.8, 4) is 5.75 Å². The van der Waals surface area contributed by atoms with Gasteiger partial charge in [0.2, 0.25) is 6.10 Å². The Balaban J connectivity index is 1.85. The third-order valence-electron chi connectivity index (χ3n) is 3.48. The van der Waals surface area contributed by atoms with Gasteiger partial charge in [-0.05, 0) is 37.1 Å². The van der Waals surface area contributed by atoms with Crippen molar-refractivity contribution in [3.05, 3.63) is 63.9 Å². The molecular weight excluding hydrogens is 340 g/mol. The largest absolute Gasteiger partial charge is 0.476 e. The minimum atomic E-state index is -0.881. The summed E-state index contributed by atoms with van der Waals surface area (Å²) in [6.07, 6.45) is 1.05. The Morgan fingerprint density at radius 2 is 1.83 bits per heavy atom. The highest BCUT2D eigenvalue weighted by Crippen LogP contribution is 2.30. The van der Waals surface area contributed by atoms with Crippen LogP contribution in [0.4, 0.5) is 4.39 Å². The van der Waals surface area contributed by atoms with Crippen LogP contribution in [0.5, 0.6) is 5.75 Å². The van der Waals surface area contributed by atoms with Gasteiger partial charge in [-0.25, -0.2) is 4.39 Å². The Bertz CT molecular complexity index is 717. The Morgan fingerprint density at radius 1 is 1.13 bits per heavy atom. The Hall–Kier alpha value is -1.78. The highest BCUT2D eigenvalue weighted by molar-refractivity contribution is 6.42. The summed E-state index contributed by atoms with van der Waals surface area (Å²) in [4.78, 5) is 12.4. The average molecular weight is 354 g/mol. The van der Waals surface area contributed by atoms with Crippen LogP contribution in [0.2, 0.25) is 10.0 Å². The van der Waals surface area contributed by atoms with E-state index in [0.717, 1.165) is 12.8 Å². The first-order chi connectivity index (χ1) is 11.0. The first-order valence-corrected chi connectivity index (χ1v) is 7.96. The molecule has 120 valence electrons. The number of carbonyl (C=O) groups is 1. The number of rotatable bonds is 5. The van der Waals surface area contributed by atoms with Gasteiger partial charge in [0.25, 0.3) is 5.91 Å². The number of carbonyl (C=O) groups excluding carboxylic acids is 1. The maximum atomic E-state index is 13.1. The fourth-order valence-electron chi connectivity index (χ4n) is 2.10. The number of benzene rings is 2. The van der Waals surface area contributed by atoms with Crippen molar-refractivity contribution in [2.75, 3.05) is 0 Å². The van der Waals surface area contributed by atoms with E-state index in [2.05, 4.69) is 5.32 Å². The average Bonchev–Trinajstić information content (AvgIpc) is 3.33. The molecule has 2 aromatic rings. The lowest BCUT2D eigenvalue weighted by Gasteiger charge is -2.19. The van der Waals surface area contributed by atoms with E-state index in [1.165, 1.54) is 24.3 Å². The van der Waals surface area contributed by atoms with Crippen LogP contribution in [0, 0.1) is 5.82 Å². The minimum absolute atomic E-state index is 0.197. The number of ether oxygens (including phenoxy) is 1. The standard InChI is InChI=1S/C17H14Cl2FNO2/c18-14-8-7-13(9-15(14)19)23-16(17(22)21-12-5-6-12)10-1-3-11(20)4-2-10/h1-4,7-9,12,16H,5-6H2,(H,21,22)/t16-/m0/s1. The summed E-state index contributed by atoms with van der Waals surface area (Å²) in [7, 11) is 0. The van der Waals surface area contributed by atoms with Gasteiger partial charge in [0.1, 0.15) is 11.6 Å². The van der Waals surface area contributed by atoms with E-state index in [1.807, 2.05) is 0 Å². The molecule has 0 aromatic heterocycles. The monoisotopic (exact) mass is 353 g/mol. The van der Waals surface area contributed by atoms with Crippen molar-refractivity contribution in [1.82, 2.24) is 5.32 Å². The van der Waals surface area contributed by atoms with Crippen LogP contribution in [-0.4, -0.2) is 11.9 Å². The van der Waals surface area contributed by atoms with Gasteiger partial charge in [-0.2, -0.15) is 0 Å². The minimum Gasteiger partial charge on any atom is -0.476 e. The lowest BCUT2D eigenvalue weighted by Crippen LogP contribution is -2.33. The van der Waals surface area contributed by atoms with E-state index < -0.39 is 6.10 Å². The van der Waals surface area contributed by atoms with Crippen LogP contribution >= 0.6 is 23.2 Å². The second kappa shape index (κ2) is 6.77. The molecule has 0 bridgehead atoms. The summed E-state index contributed by atoms with van der Waals surface area (Å²) in [5.74, 6) is -0.213. The first kappa shape index (κ1) is 16.1. The van der Waals surface area contributed by atoms with Crippen LogP contribution in [0.15, 0.2) is 42.5 Å². The predicted octanol–water partition coefficient (Wildman–Crippen LogP) is 4.53. The zero-order chi connectivity index (χ0) is 16.4. The molecule has 1 aliphatic carbocycles. The summed E-state index contributed by atoms with van der Waals surface area (Å²) in [6.45, 7) is 0. The lowest BCUT2D eigenvalue weighted by atomic mass is 10.1. The second-order valence-corrected chi connectivity index (χ2v) is 6.22. The van der Waals surface area contributed by atoms with Crippen LogP contribution in [0.1, 0.15) is 24.5 Å². The van der Waals surface area contributed by atoms with Crippen molar-refractivity contribution >= 4 is 29.1 Å². The summed E-state index contributed by atoms with van der Waals surface area (Å²) < 4.78 is 18.9. The van der Waals surface area contributed by atoms with Gasteiger partial charge in [-0.1, -0.05) is 35.3 Å². The second-order valence-electron chi connectivity index (χ2n) is 5.41. The van der Waals surface area contributed by atoms with Crippen molar-refractivity contribution in [1.29, 1.82) is 0 Å². The fourth-order valence-corrected chi connectivity index (χ4v) is 2.39. The summed E-state index contributed by atoms with van der Waals surface area (Å²) in [5, 5.41) is 3.64. The molecule has 0 spiro atoms. The molecule has 3 rings (SSSR count). The number of nitrogens with one attached hydrogen (secondary N) is 1. The van der Waals surface area contributed by atoms with Gasteiger partial charge in [-0.3, -0.25) is 4.79 Å². The Labute approximate surface area is 143 Å². The zero-order valence-electron chi connectivity index (χ0n) is 12.1. The van der Waals surface area contributed by atoms with E-state index in [9.17, 15) is 9.18 Å². The van der Waals surface area contributed by atoms with E-state index in [4.69, 9.17) is 27.9 Å². The van der Waals surface area contributed by atoms with Gasteiger partial charge in [0, 0.05) is 17.7 Å². The number of halogens is 3. The highest BCUT2D eigenvalue weighted by atomic mass is 35.5. The van der Waals surface area contributed by atoms with Crippen molar-refractivity contribution in [3.63, 3.8) is 0 Å². The van der Waals surface area contributed by atoms with Crippen molar-refractivity contribution < 1.29 is 13.9 Å². The summed E-state index contributed by atoms with van der Waals surface area (Å²) in [6, 6.07) is 10.6. The third kappa shape index (κ3) is 4.15. The van der Waals surface area contributed by atoms with Gasteiger partial charge in [0.15, 0.2) is 0 Å². The highest BCUT2D eigenvalue weighted by Gasteiger charge is 2.29. The Kier molecular flexibility index (Phi) is 4.74. The molecule has 1 fully saturated rings. The normalized spacial score (nSPS) is 15.1. The van der Waals surface area contributed by atoms with Crippen molar-refractivity contribution in [2.45, 2.75) is 25.0 Å². The molecule has 1 atom stereocenters. The molecule has 1 amide bonds. The molecule has 1 N–H and O–H groups in total. The van der Waals surface area contributed by atoms with E-state index in [-0.39, 0.29) is 17.8 Å². The molecule has 0 saturated heterocycles. The van der Waals surface area contributed by atoms with Crippen molar-refractivity contribution in [2.24, 2.45) is 0 Å². The predicted molar refractivity (Wildman–Crippen MR) is 87.4 cm³/mol. The molecular formula is C17H14Cl2FNO2. The molecule has 1 aliphatic rings. The van der Waals surface area contributed by atoms with E-state index in [0.29, 0.717) is 21.4 Å². The molecule has 3 nitrogen and oxygen atoms in total. The van der Waals surface area contributed by atoms with Crippen LogP contribution in [0.3, 0.4) is 0 Å². The van der Waals surface area contributed by atoms with Crippen LogP contribution in [0.25, 0.3) is 0 Å². The van der Waals surface area contributed by atoms with Gasteiger partial charge < -0.3 is 10.1 Å². The van der Waals surface area contributed by atoms with Gasteiger partial charge in [0.05, 0.1) is 10.0 Å². The number of amides is 1.